The average Bonchev–Trinajstić information content (AvgIpc) is 2.86. The molecule has 1 heterocycles. The zero-order valence-electron chi connectivity index (χ0n) is 11.6. The molecule has 0 spiro atoms. The first-order valence-corrected chi connectivity index (χ1v) is 6.86. The molecule has 3 heteroatoms. The Morgan fingerprint density at radius 2 is 2.17 bits per heavy atom. The van der Waals surface area contributed by atoms with Gasteiger partial charge in [-0.3, -0.25) is 0 Å². The van der Waals surface area contributed by atoms with Gasteiger partial charge in [0, 0.05) is 12.1 Å². The van der Waals surface area contributed by atoms with Gasteiger partial charge in [0.15, 0.2) is 0 Å². The molecule has 18 heavy (non-hydrogen) atoms. The zero-order valence-corrected chi connectivity index (χ0v) is 11.6. The Hall–Kier alpha value is -1.06. The van der Waals surface area contributed by atoms with E-state index in [2.05, 4.69) is 31.3 Å². The Morgan fingerprint density at radius 1 is 1.39 bits per heavy atom. The second-order valence-corrected chi connectivity index (χ2v) is 5.14. The molecule has 1 aromatic carbocycles. The largest absolute Gasteiger partial charge is 0.494 e. The van der Waals surface area contributed by atoms with E-state index in [1.165, 1.54) is 29.5 Å². The monoisotopic (exact) mass is 248 g/mol. The van der Waals surface area contributed by atoms with Crippen LogP contribution in [0.15, 0.2) is 12.1 Å². The van der Waals surface area contributed by atoms with Crippen LogP contribution in [0.2, 0.25) is 0 Å². The van der Waals surface area contributed by atoms with Crippen LogP contribution >= 0.6 is 0 Å². The van der Waals surface area contributed by atoms with Crippen LogP contribution in [0.5, 0.6) is 5.75 Å². The van der Waals surface area contributed by atoms with Crippen molar-refractivity contribution in [1.82, 2.24) is 5.32 Å². The van der Waals surface area contributed by atoms with Crippen molar-refractivity contribution in [2.24, 2.45) is 5.73 Å². The lowest BCUT2D eigenvalue weighted by Gasteiger charge is -2.23. The van der Waals surface area contributed by atoms with Crippen molar-refractivity contribution in [3.05, 3.63) is 28.8 Å². The molecule has 0 bridgehead atoms. The number of nitrogens with one attached hydrogen (secondary N) is 1. The first kappa shape index (κ1) is 13.4. The Bertz CT molecular complexity index is 411. The third-order valence-electron chi connectivity index (χ3n) is 3.75. The molecule has 1 aromatic rings. The molecule has 3 nitrogen and oxygen atoms in total. The van der Waals surface area contributed by atoms with Crippen LogP contribution in [0.3, 0.4) is 0 Å². The Balaban J connectivity index is 2.24. The van der Waals surface area contributed by atoms with E-state index in [0.29, 0.717) is 12.6 Å². The van der Waals surface area contributed by atoms with Crippen LogP contribution in [-0.4, -0.2) is 19.2 Å². The maximum Gasteiger partial charge on any atom is 0.122 e. The van der Waals surface area contributed by atoms with Crippen LogP contribution in [0.25, 0.3) is 0 Å². The lowest BCUT2D eigenvalue weighted by molar-refractivity contribution is 0.337. The van der Waals surface area contributed by atoms with Crippen molar-refractivity contribution in [3.8, 4) is 5.75 Å². The number of rotatable bonds is 4. The fraction of sp³-hybridized carbons (Fsp3) is 0.600. The van der Waals surface area contributed by atoms with E-state index in [4.69, 9.17) is 10.5 Å². The van der Waals surface area contributed by atoms with Gasteiger partial charge < -0.3 is 15.8 Å². The quantitative estimate of drug-likeness (QED) is 0.860. The number of benzene rings is 1. The van der Waals surface area contributed by atoms with Crippen LogP contribution in [0, 0.1) is 13.8 Å². The van der Waals surface area contributed by atoms with E-state index >= 15 is 0 Å². The second kappa shape index (κ2) is 5.72. The van der Waals surface area contributed by atoms with Crippen LogP contribution < -0.4 is 15.8 Å². The molecule has 0 radical (unpaired) electrons. The fourth-order valence-electron chi connectivity index (χ4n) is 2.72. The van der Waals surface area contributed by atoms with Crippen molar-refractivity contribution in [2.75, 3.05) is 13.2 Å². The van der Waals surface area contributed by atoms with Crippen LogP contribution in [-0.2, 0) is 0 Å². The summed E-state index contributed by atoms with van der Waals surface area (Å²) in [5, 5.41) is 3.49. The molecule has 2 unspecified atom stereocenters. The maximum atomic E-state index is 6.39. The van der Waals surface area contributed by atoms with E-state index in [-0.39, 0.29) is 6.04 Å². The van der Waals surface area contributed by atoms with Crippen LogP contribution in [0.4, 0.5) is 0 Å². The predicted octanol–water partition coefficient (Wildman–Crippen LogP) is 2.45. The fourth-order valence-corrected chi connectivity index (χ4v) is 2.72. The van der Waals surface area contributed by atoms with Gasteiger partial charge in [0.25, 0.3) is 0 Å². The summed E-state index contributed by atoms with van der Waals surface area (Å²) < 4.78 is 5.62. The molecular weight excluding hydrogens is 224 g/mol. The summed E-state index contributed by atoms with van der Waals surface area (Å²) in [4.78, 5) is 0. The molecule has 1 aliphatic rings. The number of hydrogen-bond acceptors (Lipinski definition) is 3. The van der Waals surface area contributed by atoms with E-state index in [1.807, 2.05) is 6.92 Å². The molecule has 1 saturated heterocycles. The third-order valence-corrected chi connectivity index (χ3v) is 3.75. The molecule has 100 valence electrons. The Labute approximate surface area is 110 Å². The highest BCUT2D eigenvalue weighted by atomic mass is 16.5. The smallest absolute Gasteiger partial charge is 0.122 e. The molecule has 0 aromatic heterocycles. The number of ether oxygens (including phenoxy) is 1. The summed E-state index contributed by atoms with van der Waals surface area (Å²) in [5.74, 6) is 0.977. The van der Waals surface area contributed by atoms with E-state index in [1.54, 1.807) is 0 Å². The minimum absolute atomic E-state index is 0.0851. The molecule has 0 amide bonds. The molecule has 1 aliphatic heterocycles. The highest BCUT2D eigenvalue weighted by Gasteiger charge is 2.24. The summed E-state index contributed by atoms with van der Waals surface area (Å²) >= 11 is 0. The van der Waals surface area contributed by atoms with Crippen molar-refractivity contribution < 1.29 is 4.74 Å². The van der Waals surface area contributed by atoms with E-state index in [0.717, 1.165) is 12.3 Å². The Morgan fingerprint density at radius 3 is 2.78 bits per heavy atom. The summed E-state index contributed by atoms with van der Waals surface area (Å²) in [6.45, 7) is 8.01. The summed E-state index contributed by atoms with van der Waals surface area (Å²) in [6.07, 6.45) is 2.40. The van der Waals surface area contributed by atoms with Gasteiger partial charge in [0.05, 0.1) is 6.61 Å². The first-order valence-electron chi connectivity index (χ1n) is 6.86. The highest BCUT2D eigenvalue weighted by Crippen LogP contribution is 2.29. The highest BCUT2D eigenvalue weighted by molar-refractivity contribution is 5.43. The van der Waals surface area contributed by atoms with Crippen LogP contribution in [0.1, 0.15) is 42.5 Å². The molecule has 0 saturated carbocycles. The molecule has 3 N–H and O–H groups in total. The number of aryl methyl sites for hydroxylation is 2. The van der Waals surface area contributed by atoms with Gasteiger partial charge >= 0.3 is 0 Å². The standard InChI is InChI=1S/C15H24N2O/c1-4-18-14-9-10(2)12(8-11(14)3)15(16)13-6-5-7-17-13/h8-9,13,15,17H,4-7,16H2,1-3H3. The molecule has 2 atom stereocenters. The molecule has 1 fully saturated rings. The third kappa shape index (κ3) is 2.68. The van der Waals surface area contributed by atoms with Gasteiger partial charge in [0.1, 0.15) is 5.75 Å². The van der Waals surface area contributed by atoms with Crippen molar-refractivity contribution in [1.29, 1.82) is 0 Å². The van der Waals surface area contributed by atoms with Gasteiger partial charge in [0.2, 0.25) is 0 Å². The topological polar surface area (TPSA) is 47.3 Å². The van der Waals surface area contributed by atoms with Crippen molar-refractivity contribution in [2.45, 2.75) is 45.7 Å². The lowest BCUT2D eigenvalue weighted by atomic mass is 9.93. The van der Waals surface area contributed by atoms with Gasteiger partial charge in [-0.2, -0.15) is 0 Å². The minimum Gasteiger partial charge on any atom is -0.494 e. The minimum atomic E-state index is 0.0851. The summed E-state index contributed by atoms with van der Waals surface area (Å²) in [5.41, 5.74) is 10.0. The summed E-state index contributed by atoms with van der Waals surface area (Å²) in [6, 6.07) is 4.80. The van der Waals surface area contributed by atoms with E-state index in [9.17, 15) is 0 Å². The summed E-state index contributed by atoms with van der Waals surface area (Å²) in [7, 11) is 0. The number of hydrogen-bond donors (Lipinski definition) is 2. The van der Waals surface area contributed by atoms with Crippen molar-refractivity contribution >= 4 is 0 Å². The number of nitrogens with two attached hydrogens (primary N) is 1. The zero-order chi connectivity index (χ0) is 13.1. The van der Waals surface area contributed by atoms with Gasteiger partial charge in [-0.05, 0) is 62.9 Å². The van der Waals surface area contributed by atoms with Gasteiger partial charge in [-0.15, -0.1) is 0 Å². The maximum absolute atomic E-state index is 6.39. The SMILES string of the molecule is CCOc1cc(C)c(C(N)C2CCCN2)cc1C. The predicted molar refractivity (Wildman–Crippen MR) is 75.0 cm³/mol. The van der Waals surface area contributed by atoms with Crippen molar-refractivity contribution in [3.63, 3.8) is 0 Å². The normalized spacial score (nSPS) is 21.0. The van der Waals surface area contributed by atoms with E-state index < -0.39 is 0 Å². The molecular formula is C15H24N2O. The molecule has 2 rings (SSSR count). The van der Waals surface area contributed by atoms with Gasteiger partial charge in [-0.25, -0.2) is 0 Å². The Kier molecular flexibility index (Phi) is 4.25. The second-order valence-electron chi connectivity index (χ2n) is 5.14. The average molecular weight is 248 g/mol. The van der Waals surface area contributed by atoms with Gasteiger partial charge in [-0.1, -0.05) is 6.07 Å². The molecule has 0 aliphatic carbocycles. The first-order chi connectivity index (χ1) is 8.63. The lowest BCUT2D eigenvalue weighted by Crippen LogP contribution is -2.34.